The molecule has 2 aromatic rings. The molecule has 0 bridgehead atoms. The maximum atomic E-state index is 12.7. The van der Waals surface area contributed by atoms with E-state index in [1.54, 1.807) is 19.1 Å². The Morgan fingerprint density at radius 3 is 2.43 bits per heavy atom. The number of hydrogen-bond acceptors (Lipinski definition) is 2. The Balaban J connectivity index is 2.43. The SMILES string of the molecule is Cc1ccc(C(F)(F)F)cc1Nc1ccc(Cl)cc1C#N. The van der Waals surface area contributed by atoms with E-state index in [1.807, 2.05) is 6.07 Å². The molecule has 0 saturated carbocycles. The van der Waals surface area contributed by atoms with Crippen LogP contribution in [-0.4, -0.2) is 0 Å². The maximum absolute atomic E-state index is 12.7. The molecule has 2 rings (SSSR count). The first-order valence-corrected chi connectivity index (χ1v) is 6.33. The van der Waals surface area contributed by atoms with Gasteiger partial charge in [-0.05, 0) is 42.8 Å². The summed E-state index contributed by atoms with van der Waals surface area (Å²) >= 11 is 5.79. The largest absolute Gasteiger partial charge is 0.416 e. The fourth-order valence-electron chi connectivity index (χ4n) is 1.80. The highest BCUT2D eigenvalue weighted by Gasteiger charge is 2.30. The summed E-state index contributed by atoms with van der Waals surface area (Å²) in [6, 6.07) is 9.94. The summed E-state index contributed by atoms with van der Waals surface area (Å²) < 4.78 is 38.2. The van der Waals surface area contributed by atoms with Gasteiger partial charge in [0.1, 0.15) is 6.07 Å². The van der Waals surface area contributed by atoms with Crippen molar-refractivity contribution in [3.8, 4) is 6.07 Å². The number of nitrogens with zero attached hydrogens (tertiary/aromatic N) is 1. The van der Waals surface area contributed by atoms with E-state index in [4.69, 9.17) is 16.9 Å². The van der Waals surface area contributed by atoms with Crippen LogP contribution in [0, 0.1) is 18.3 Å². The average molecular weight is 311 g/mol. The van der Waals surface area contributed by atoms with Crippen molar-refractivity contribution >= 4 is 23.0 Å². The molecule has 0 heterocycles. The first-order valence-electron chi connectivity index (χ1n) is 5.96. The lowest BCUT2D eigenvalue weighted by Gasteiger charge is -2.14. The Labute approximate surface area is 124 Å². The number of halogens is 4. The van der Waals surface area contributed by atoms with E-state index in [1.165, 1.54) is 12.1 Å². The smallest absolute Gasteiger partial charge is 0.354 e. The van der Waals surface area contributed by atoms with Crippen molar-refractivity contribution in [3.63, 3.8) is 0 Å². The van der Waals surface area contributed by atoms with Crippen LogP contribution in [-0.2, 0) is 6.18 Å². The molecule has 1 N–H and O–H groups in total. The summed E-state index contributed by atoms with van der Waals surface area (Å²) in [5, 5.41) is 12.3. The number of hydrogen-bond donors (Lipinski definition) is 1. The third-order valence-electron chi connectivity index (χ3n) is 2.94. The average Bonchev–Trinajstić information content (AvgIpc) is 2.41. The third kappa shape index (κ3) is 3.47. The molecule has 0 aliphatic rings. The Bertz CT molecular complexity index is 718. The first kappa shape index (κ1) is 15.2. The molecule has 0 aliphatic carbocycles. The Morgan fingerprint density at radius 1 is 1.10 bits per heavy atom. The molecule has 6 heteroatoms. The van der Waals surface area contributed by atoms with Crippen LogP contribution in [0.1, 0.15) is 16.7 Å². The third-order valence-corrected chi connectivity index (χ3v) is 3.17. The molecular weight excluding hydrogens is 301 g/mol. The first-order chi connectivity index (χ1) is 9.81. The predicted molar refractivity (Wildman–Crippen MR) is 75.6 cm³/mol. The van der Waals surface area contributed by atoms with Crippen LogP contribution < -0.4 is 5.32 Å². The van der Waals surface area contributed by atoms with Gasteiger partial charge in [0.2, 0.25) is 0 Å². The van der Waals surface area contributed by atoms with Gasteiger partial charge in [-0.1, -0.05) is 17.7 Å². The monoisotopic (exact) mass is 310 g/mol. The number of alkyl halides is 3. The second kappa shape index (κ2) is 5.66. The second-order valence-electron chi connectivity index (χ2n) is 4.45. The minimum Gasteiger partial charge on any atom is -0.354 e. The molecule has 0 amide bonds. The predicted octanol–water partition coefficient (Wildman–Crippen LogP) is 5.28. The molecule has 0 unspecified atom stereocenters. The van der Waals surface area contributed by atoms with Gasteiger partial charge < -0.3 is 5.32 Å². The minimum atomic E-state index is -4.41. The molecule has 0 fully saturated rings. The molecule has 0 aliphatic heterocycles. The zero-order valence-corrected chi connectivity index (χ0v) is 11.7. The number of nitriles is 1. The number of aryl methyl sites for hydroxylation is 1. The van der Waals surface area contributed by atoms with Crippen molar-refractivity contribution < 1.29 is 13.2 Å². The quantitative estimate of drug-likeness (QED) is 0.819. The zero-order valence-electron chi connectivity index (χ0n) is 10.9. The number of anilines is 2. The van der Waals surface area contributed by atoms with Crippen LogP contribution in [0.3, 0.4) is 0 Å². The van der Waals surface area contributed by atoms with Gasteiger partial charge in [0.25, 0.3) is 0 Å². The van der Waals surface area contributed by atoms with E-state index >= 15 is 0 Å². The normalized spacial score (nSPS) is 11.0. The van der Waals surface area contributed by atoms with Gasteiger partial charge in [-0.25, -0.2) is 0 Å². The highest BCUT2D eigenvalue weighted by molar-refractivity contribution is 6.30. The van der Waals surface area contributed by atoms with Crippen LogP contribution in [0.15, 0.2) is 36.4 Å². The summed E-state index contributed by atoms with van der Waals surface area (Å²) in [4.78, 5) is 0. The van der Waals surface area contributed by atoms with E-state index in [-0.39, 0.29) is 5.56 Å². The van der Waals surface area contributed by atoms with Gasteiger partial charge in [-0.15, -0.1) is 0 Å². The van der Waals surface area contributed by atoms with Crippen LogP contribution in [0.2, 0.25) is 5.02 Å². The summed E-state index contributed by atoms with van der Waals surface area (Å²) in [6.45, 7) is 1.68. The van der Waals surface area contributed by atoms with Crippen molar-refractivity contribution in [3.05, 3.63) is 58.1 Å². The zero-order chi connectivity index (χ0) is 15.6. The number of rotatable bonds is 2. The van der Waals surface area contributed by atoms with Crippen LogP contribution >= 0.6 is 11.6 Å². The van der Waals surface area contributed by atoms with Gasteiger partial charge in [0.05, 0.1) is 16.8 Å². The molecule has 0 saturated heterocycles. The highest BCUT2D eigenvalue weighted by atomic mass is 35.5. The van der Waals surface area contributed by atoms with Gasteiger partial charge in [-0.2, -0.15) is 18.4 Å². The molecule has 2 nitrogen and oxygen atoms in total. The van der Waals surface area contributed by atoms with E-state index in [0.29, 0.717) is 22.0 Å². The van der Waals surface area contributed by atoms with Crippen molar-refractivity contribution in [2.45, 2.75) is 13.1 Å². The summed E-state index contributed by atoms with van der Waals surface area (Å²) in [5.74, 6) is 0. The molecule has 0 spiro atoms. The lowest BCUT2D eigenvalue weighted by molar-refractivity contribution is -0.137. The van der Waals surface area contributed by atoms with Crippen molar-refractivity contribution in [2.24, 2.45) is 0 Å². The van der Waals surface area contributed by atoms with Crippen LogP contribution in [0.25, 0.3) is 0 Å². The van der Waals surface area contributed by atoms with Crippen molar-refractivity contribution in [2.75, 3.05) is 5.32 Å². The fourth-order valence-corrected chi connectivity index (χ4v) is 1.97. The lowest BCUT2D eigenvalue weighted by Crippen LogP contribution is -2.06. The number of nitrogens with one attached hydrogen (secondary N) is 1. The standard InChI is InChI=1S/C15H10ClF3N2/c1-9-2-3-11(15(17,18)19)7-14(9)21-13-5-4-12(16)6-10(13)8-20/h2-7,21H,1H3. The van der Waals surface area contributed by atoms with E-state index < -0.39 is 11.7 Å². The van der Waals surface area contributed by atoms with E-state index in [9.17, 15) is 13.2 Å². The topological polar surface area (TPSA) is 35.8 Å². The fraction of sp³-hybridized carbons (Fsp3) is 0.133. The van der Waals surface area contributed by atoms with Gasteiger partial charge in [0.15, 0.2) is 0 Å². The Morgan fingerprint density at radius 2 is 1.81 bits per heavy atom. The summed E-state index contributed by atoms with van der Waals surface area (Å²) in [6.07, 6.45) is -4.41. The van der Waals surface area contributed by atoms with Crippen LogP contribution in [0.5, 0.6) is 0 Å². The van der Waals surface area contributed by atoms with Crippen molar-refractivity contribution in [1.29, 1.82) is 5.26 Å². The maximum Gasteiger partial charge on any atom is 0.416 e. The van der Waals surface area contributed by atoms with Crippen LogP contribution in [0.4, 0.5) is 24.5 Å². The minimum absolute atomic E-state index is 0.263. The lowest BCUT2D eigenvalue weighted by atomic mass is 10.1. The number of benzene rings is 2. The van der Waals surface area contributed by atoms with E-state index in [0.717, 1.165) is 12.1 Å². The second-order valence-corrected chi connectivity index (χ2v) is 4.89. The highest BCUT2D eigenvalue weighted by Crippen LogP contribution is 2.33. The van der Waals surface area contributed by atoms with Gasteiger partial charge >= 0.3 is 6.18 Å². The molecule has 108 valence electrons. The van der Waals surface area contributed by atoms with E-state index in [2.05, 4.69) is 5.32 Å². The van der Waals surface area contributed by atoms with Crippen molar-refractivity contribution in [1.82, 2.24) is 0 Å². The van der Waals surface area contributed by atoms with Gasteiger partial charge in [0, 0.05) is 10.7 Å². The molecule has 0 radical (unpaired) electrons. The molecule has 21 heavy (non-hydrogen) atoms. The molecular formula is C15H10ClF3N2. The summed E-state index contributed by atoms with van der Waals surface area (Å²) in [5.41, 5.74) is 0.859. The molecule has 2 aromatic carbocycles. The molecule has 0 aromatic heterocycles. The molecule has 0 atom stereocenters. The van der Waals surface area contributed by atoms with Gasteiger partial charge in [-0.3, -0.25) is 0 Å². The Kier molecular flexibility index (Phi) is 4.10. The Hall–Kier alpha value is -2.19. The summed E-state index contributed by atoms with van der Waals surface area (Å²) in [7, 11) is 0.